The zero-order chi connectivity index (χ0) is 16.0. The summed E-state index contributed by atoms with van der Waals surface area (Å²) in [5.74, 6) is -0.271. The van der Waals surface area contributed by atoms with Crippen molar-refractivity contribution in [2.75, 3.05) is 12.4 Å². The molecule has 21 heavy (non-hydrogen) atoms. The molecule has 1 rings (SSSR count). The van der Waals surface area contributed by atoms with E-state index in [0.29, 0.717) is 17.9 Å². The Morgan fingerprint density at radius 2 is 2.00 bits per heavy atom. The Bertz CT molecular complexity index is 532. The molecule has 0 unspecified atom stereocenters. The van der Waals surface area contributed by atoms with Gasteiger partial charge in [-0.3, -0.25) is 4.79 Å². The van der Waals surface area contributed by atoms with Crippen molar-refractivity contribution >= 4 is 33.6 Å². The molecule has 0 aromatic heterocycles. The molecule has 0 saturated carbocycles. The highest BCUT2D eigenvalue weighted by molar-refractivity contribution is 9.10. The molecule has 0 atom stereocenters. The molecule has 0 fully saturated rings. The lowest BCUT2D eigenvalue weighted by Gasteiger charge is -2.25. The fourth-order valence-electron chi connectivity index (χ4n) is 1.70. The number of urea groups is 1. The Morgan fingerprint density at radius 3 is 2.57 bits per heavy atom. The molecule has 6 nitrogen and oxygen atoms in total. The van der Waals surface area contributed by atoms with Gasteiger partial charge in [0.15, 0.2) is 0 Å². The molecule has 0 bridgehead atoms. The molecule has 116 valence electrons. The van der Waals surface area contributed by atoms with Gasteiger partial charge in [-0.2, -0.15) is 0 Å². The van der Waals surface area contributed by atoms with Crippen LogP contribution in [0.15, 0.2) is 22.7 Å². The van der Waals surface area contributed by atoms with E-state index in [-0.39, 0.29) is 6.42 Å². The average Bonchev–Trinajstić information content (AvgIpc) is 2.34. The maximum Gasteiger partial charge on any atom is 0.319 e. The van der Waals surface area contributed by atoms with E-state index in [4.69, 9.17) is 9.84 Å². The van der Waals surface area contributed by atoms with Crippen molar-refractivity contribution < 1.29 is 19.4 Å². The summed E-state index contributed by atoms with van der Waals surface area (Å²) in [6.07, 6.45) is 0.343. The Balaban J connectivity index is 2.64. The van der Waals surface area contributed by atoms with Gasteiger partial charge in [-0.1, -0.05) is 15.9 Å². The fourth-order valence-corrected chi connectivity index (χ4v) is 2.18. The Kier molecular flexibility index (Phi) is 6.02. The largest absolute Gasteiger partial charge is 0.497 e. The van der Waals surface area contributed by atoms with Crippen molar-refractivity contribution in [1.82, 2.24) is 5.32 Å². The molecule has 0 aliphatic carbocycles. The van der Waals surface area contributed by atoms with Crippen LogP contribution in [0.4, 0.5) is 10.5 Å². The number of nitrogens with one attached hydrogen (secondary N) is 2. The SMILES string of the molecule is COc1cc(Br)cc(NC(=O)NC(C)(C)CCC(=O)O)c1. The summed E-state index contributed by atoms with van der Waals surface area (Å²) in [5, 5.41) is 14.1. The predicted molar refractivity (Wildman–Crippen MR) is 83.8 cm³/mol. The summed E-state index contributed by atoms with van der Waals surface area (Å²) in [6, 6.07) is 4.81. The molecule has 1 aromatic rings. The van der Waals surface area contributed by atoms with Crippen LogP contribution < -0.4 is 15.4 Å². The number of methoxy groups -OCH3 is 1. The molecule has 0 aliphatic rings. The smallest absolute Gasteiger partial charge is 0.319 e. The van der Waals surface area contributed by atoms with E-state index in [2.05, 4.69) is 26.6 Å². The normalized spacial score (nSPS) is 10.9. The van der Waals surface area contributed by atoms with Crippen molar-refractivity contribution in [3.63, 3.8) is 0 Å². The van der Waals surface area contributed by atoms with E-state index >= 15 is 0 Å². The number of hydrogen-bond donors (Lipinski definition) is 3. The van der Waals surface area contributed by atoms with Gasteiger partial charge in [0, 0.05) is 28.2 Å². The number of anilines is 1. The molecule has 0 spiro atoms. The zero-order valence-electron chi connectivity index (χ0n) is 12.2. The van der Waals surface area contributed by atoms with Crippen LogP contribution >= 0.6 is 15.9 Å². The third kappa shape index (κ3) is 6.48. The van der Waals surface area contributed by atoms with E-state index in [1.807, 2.05) is 0 Å². The second-order valence-electron chi connectivity index (χ2n) is 5.24. The van der Waals surface area contributed by atoms with Crippen LogP contribution in [0.2, 0.25) is 0 Å². The van der Waals surface area contributed by atoms with Gasteiger partial charge in [0.2, 0.25) is 0 Å². The van der Waals surface area contributed by atoms with Gasteiger partial charge in [0.05, 0.1) is 7.11 Å². The maximum atomic E-state index is 12.0. The number of carbonyl (C=O) groups excluding carboxylic acids is 1. The van der Waals surface area contributed by atoms with Crippen molar-refractivity contribution in [1.29, 1.82) is 0 Å². The quantitative estimate of drug-likeness (QED) is 0.728. The fraction of sp³-hybridized carbons (Fsp3) is 0.429. The molecule has 0 aliphatic heterocycles. The number of benzene rings is 1. The summed E-state index contributed by atoms with van der Waals surface area (Å²) < 4.78 is 5.90. The van der Waals surface area contributed by atoms with Crippen molar-refractivity contribution in [3.8, 4) is 5.75 Å². The van der Waals surface area contributed by atoms with E-state index in [1.54, 1.807) is 39.2 Å². The summed E-state index contributed by atoms with van der Waals surface area (Å²) in [4.78, 5) is 22.5. The molecule has 0 saturated heterocycles. The van der Waals surface area contributed by atoms with Crippen LogP contribution in [0, 0.1) is 0 Å². The molecular formula is C14H19BrN2O4. The molecule has 3 N–H and O–H groups in total. The minimum absolute atomic E-state index is 0.00200. The van der Waals surface area contributed by atoms with Gasteiger partial charge < -0.3 is 20.5 Å². The van der Waals surface area contributed by atoms with Gasteiger partial charge in [0.25, 0.3) is 0 Å². The number of aliphatic carboxylic acids is 1. The molecule has 7 heteroatoms. The summed E-state index contributed by atoms with van der Waals surface area (Å²) in [5.41, 5.74) is -0.0359. The number of amides is 2. The Hall–Kier alpha value is -1.76. The second-order valence-corrected chi connectivity index (χ2v) is 6.15. The third-order valence-electron chi connectivity index (χ3n) is 2.78. The molecule has 0 radical (unpaired) electrons. The number of carboxylic acid groups (broad SMARTS) is 1. The van der Waals surface area contributed by atoms with Gasteiger partial charge in [-0.25, -0.2) is 4.79 Å². The van der Waals surface area contributed by atoms with Crippen LogP contribution in [0.5, 0.6) is 5.75 Å². The molecule has 0 heterocycles. The van der Waals surface area contributed by atoms with Crippen LogP contribution in [0.1, 0.15) is 26.7 Å². The highest BCUT2D eigenvalue weighted by Gasteiger charge is 2.21. The molecule has 1 aromatic carbocycles. The number of halogens is 1. The topological polar surface area (TPSA) is 87.7 Å². The van der Waals surface area contributed by atoms with Crippen molar-refractivity contribution in [2.45, 2.75) is 32.2 Å². The average molecular weight is 359 g/mol. The van der Waals surface area contributed by atoms with E-state index < -0.39 is 17.5 Å². The van der Waals surface area contributed by atoms with Gasteiger partial charge in [-0.15, -0.1) is 0 Å². The van der Waals surface area contributed by atoms with Crippen molar-refractivity contribution in [3.05, 3.63) is 22.7 Å². The lowest BCUT2D eigenvalue weighted by Crippen LogP contribution is -2.45. The summed E-state index contributed by atoms with van der Waals surface area (Å²) >= 11 is 3.33. The first-order valence-electron chi connectivity index (χ1n) is 6.37. The molecule has 2 amide bonds. The number of carbonyl (C=O) groups is 2. The minimum Gasteiger partial charge on any atom is -0.497 e. The summed E-state index contributed by atoms with van der Waals surface area (Å²) in [7, 11) is 1.54. The third-order valence-corrected chi connectivity index (χ3v) is 3.24. The van der Waals surface area contributed by atoms with Crippen LogP contribution in [0.3, 0.4) is 0 Å². The lowest BCUT2D eigenvalue weighted by molar-refractivity contribution is -0.137. The zero-order valence-corrected chi connectivity index (χ0v) is 13.8. The van der Waals surface area contributed by atoms with Crippen molar-refractivity contribution in [2.24, 2.45) is 0 Å². The number of carboxylic acids is 1. The first-order valence-corrected chi connectivity index (χ1v) is 7.17. The van der Waals surface area contributed by atoms with Crippen LogP contribution in [0.25, 0.3) is 0 Å². The lowest BCUT2D eigenvalue weighted by atomic mass is 9.99. The number of hydrogen-bond acceptors (Lipinski definition) is 3. The standard InChI is InChI=1S/C14H19BrN2O4/c1-14(2,5-4-12(18)19)17-13(20)16-10-6-9(15)7-11(8-10)21-3/h6-8H,4-5H2,1-3H3,(H,18,19)(H2,16,17,20). The highest BCUT2D eigenvalue weighted by atomic mass is 79.9. The number of rotatable bonds is 6. The van der Waals surface area contributed by atoms with E-state index in [1.165, 1.54) is 0 Å². The first-order chi connectivity index (χ1) is 9.71. The monoisotopic (exact) mass is 358 g/mol. The summed E-state index contributed by atoms with van der Waals surface area (Å²) in [6.45, 7) is 3.55. The second kappa shape index (κ2) is 7.31. The Morgan fingerprint density at radius 1 is 1.33 bits per heavy atom. The van der Waals surface area contributed by atoms with E-state index in [9.17, 15) is 9.59 Å². The Labute approximate surface area is 132 Å². The van der Waals surface area contributed by atoms with Crippen LogP contribution in [-0.4, -0.2) is 29.8 Å². The first kappa shape index (κ1) is 17.3. The molecular weight excluding hydrogens is 340 g/mol. The van der Waals surface area contributed by atoms with Crippen LogP contribution in [-0.2, 0) is 4.79 Å². The van der Waals surface area contributed by atoms with E-state index in [0.717, 1.165) is 4.47 Å². The minimum atomic E-state index is -0.887. The van der Waals surface area contributed by atoms with Gasteiger partial charge >= 0.3 is 12.0 Å². The van der Waals surface area contributed by atoms with Gasteiger partial charge in [0.1, 0.15) is 5.75 Å². The maximum absolute atomic E-state index is 12.0. The predicted octanol–water partition coefficient (Wildman–Crippen LogP) is 3.22. The highest BCUT2D eigenvalue weighted by Crippen LogP contribution is 2.24. The van der Waals surface area contributed by atoms with Gasteiger partial charge in [-0.05, 0) is 32.4 Å². The number of ether oxygens (including phenoxy) is 1.